The Bertz CT molecular complexity index is 2360. The molecule has 6 nitrogen and oxygen atoms in total. The van der Waals surface area contributed by atoms with Gasteiger partial charge in [0.05, 0.1) is 28.4 Å². The number of ether oxygens (including phenoxy) is 4. The molecule has 0 amide bonds. The summed E-state index contributed by atoms with van der Waals surface area (Å²) >= 11 is 0. The van der Waals surface area contributed by atoms with Crippen molar-refractivity contribution in [2.24, 2.45) is 0 Å². The maximum atomic E-state index is 6.52. The van der Waals surface area contributed by atoms with E-state index in [0.29, 0.717) is 11.5 Å². The number of aromatic nitrogens is 2. The van der Waals surface area contributed by atoms with Crippen molar-refractivity contribution >= 4 is 21.5 Å². The Morgan fingerprint density at radius 2 is 0.750 bits per heavy atom. The zero-order chi connectivity index (χ0) is 35.6. The van der Waals surface area contributed by atoms with E-state index in [0.717, 1.165) is 88.7 Å². The minimum Gasteiger partial charge on any atom is -0.496 e. The molecule has 8 aromatic rings. The molecule has 0 saturated carbocycles. The zero-order valence-corrected chi connectivity index (χ0v) is 29.4. The molecule has 6 heteroatoms. The molecule has 254 valence electrons. The van der Waals surface area contributed by atoms with Crippen molar-refractivity contribution in [2.45, 2.75) is 0 Å². The largest absolute Gasteiger partial charge is 0.496 e. The number of hydrogen-bond acceptors (Lipinski definition) is 6. The number of pyridine rings is 2. The lowest BCUT2D eigenvalue weighted by molar-refractivity contribution is 0.413. The second-order valence-electron chi connectivity index (χ2n) is 12.4. The summed E-state index contributed by atoms with van der Waals surface area (Å²) < 4.78 is 25.2. The molecular formula is C46H36N2O4. The highest BCUT2D eigenvalue weighted by molar-refractivity contribution is 6.18. The van der Waals surface area contributed by atoms with E-state index < -0.39 is 0 Å². The summed E-state index contributed by atoms with van der Waals surface area (Å²) in [6.45, 7) is 0. The Balaban J connectivity index is 1.61. The molecule has 0 spiro atoms. The van der Waals surface area contributed by atoms with Gasteiger partial charge in [-0.3, -0.25) is 9.97 Å². The van der Waals surface area contributed by atoms with Crippen LogP contribution in [-0.2, 0) is 0 Å². The van der Waals surface area contributed by atoms with Gasteiger partial charge in [-0.25, -0.2) is 0 Å². The first-order valence-electron chi connectivity index (χ1n) is 17.0. The van der Waals surface area contributed by atoms with Crippen LogP contribution in [0.2, 0.25) is 0 Å². The number of methoxy groups -OCH3 is 4. The van der Waals surface area contributed by atoms with E-state index in [9.17, 15) is 0 Å². The van der Waals surface area contributed by atoms with Gasteiger partial charge in [-0.05, 0) is 81.9 Å². The van der Waals surface area contributed by atoms with E-state index in [1.807, 2.05) is 48.8 Å². The standard InChI is InChI=1S/C46H36N2O4/c1-49-39-22-20-34(31-17-11-23-47-27-31)44-41(39)35(30-15-9-6-10-16-30)25-37(46(44)52-4)38-26-36(32-18-12-24-48-28-32)42-40(50-2)21-19-33(43(42)45(38)51-3)29-13-7-5-8-14-29/h5-28H,1-4H3. The minimum atomic E-state index is 0.686. The Hall–Kier alpha value is -6.66. The first-order chi connectivity index (χ1) is 25.7. The van der Waals surface area contributed by atoms with Crippen LogP contribution in [0.1, 0.15) is 0 Å². The minimum absolute atomic E-state index is 0.686. The molecule has 2 heterocycles. The van der Waals surface area contributed by atoms with Gasteiger partial charge in [0, 0.05) is 68.6 Å². The lowest BCUT2D eigenvalue weighted by Gasteiger charge is -2.24. The second-order valence-corrected chi connectivity index (χ2v) is 12.4. The van der Waals surface area contributed by atoms with Crippen molar-refractivity contribution in [2.75, 3.05) is 28.4 Å². The number of fused-ring (bicyclic) bond motifs is 2. The zero-order valence-electron chi connectivity index (χ0n) is 29.4. The highest BCUT2D eigenvalue weighted by atomic mass is 16.5. The Morgan fingerprint density at radius 1 is 0.346 bits per heavy atom. The van der Waals surface area contributed by atoms with E-state index >= 15 is 0 Å². The van der Waals surface area contributed by atoms with Crippen LogP contribution in [0.5, 0.6) is 23.0 Å². The lowest BCUT2D eigenvalue weighted by atomic mass is 9.84. The third-order valence-electron chi connectivity index (χ3n) is 9.65. The van der Waals surface area contributed by atoms with Crippen LogP contribution in [0.15, 0.2) is 146 Å². The molecule has 0 N–H and O–H groups in total. The van der Waals surface area contributed by atoms with Gasteiger partial charge >= 0.3 is 0 Å². The van der Waals surface area contributed by atoms with Crippen LogP contribution in [0.3, 0.4) is 0 Å². The van der Waals surface area contributed by atoms with Crippen LogP contribution in [0.4, 0.5) is 0 Å². The summed E-state index contributed by atoms with van der Waals surface area (Å²) in [6.07, 6.45) is 7.34. The first kappa shape index (κ1) is 32.5. The first-order valence-corrected chi connectivity index (χ1v) is 17.0. The number of hydrogen-bond donors (Lipinski definition) is 0. The monoisotopic (exact) mass is 680 g/mol. The predicted molar refractivity (Wildman–Crippen MR) is 210 cm³/mol. The molecule has 6 aromatic carbocycles. The van der Waals surface area contributed by atoms with Gasteiger partial charge in [-0.1, -0.05) is 72.8 Å². The Labute approximate surface area is 302 Å². The van der Waals surface area contributed by atoms with E-state index in [-0.39, 0.29) is 0 Å². The number of benzene rings is 6. The molecule has 0 atom stereocenters. The molecule has 0 bridgehead atoms. The third kappa shape index (κ3) is 5.46. The maximum absolute atomic E-state index is 6.52. The van der Waals surface area contributed by atoms with Crippen LogP contribution in [0, 0.1) is 0 Å². The predicted octanol–water partition coefficient (Wildman–Crippen LogP) is 11.2. The van der Waals surface area contributed by atoms with Gasteiger partial charge < -0.3 is 18.9 Å². The van der Waals surface area contributed by atoms with Crippen molar-refractivity contribution < 1.29 is 18.9 Å². The Morgan fingerprint density at radius 3 is 1.17 bits per heavy atom. The average molecular weight is 681 g/mol. The van der Waals surface area contributed by atoms with E-state index in [1.165, 1.54) is 0 Å². The van der Waals surface area contributed by atoms with Crippen molar-refractivity contribution in [1.29, 1.82) is 0 Å². The summed E-state index contributed by atoms with van der Waals surface area (Å²) in [5.74, 6) is 2.86. The highest BCUT2D eigenvalue weighted by Crippen LogP contribution is 2.54. The van der Waals surface area contributed by atoms with E-state index in [2.05, 4.69) is 94.9 Å². The summed E-state index contributed by atoms with van der Waals surface area (Å²) in [4.78, 5) is 9.00. The van der Waals surface area contributed by atoms with Gasteiger partial charge in [0.1, 0.15) is 23.0 Å². The molecule has 0 aliphatic heterocycles. The van der Waals surface area contributed by atoms with Crippen molar-refractivity contribution in [3.63, 3.8) is 0 Å². The average Bonchev–Trinajstić information content (AvgIpc) is 3.22. The fourth-order valence-corrected chi connectivity index (χ4v) is 7.39. The van der Waals surface area contributed by atoms with Crippen LogP contribution in [-0.4, -0.2) is 38.4 Å². The fraction of sp³-hybridized carbons (Fsp3) is 0.0870. The van der Waals surface area contributed by atoms with Gasteiger partial charge in [0.15, 0.2) is 0 Å². The number of nitrogens with zero attached hydrogens (tertiary/aromatic N) is 2. The smallest absolute Gasteiger partial charge is 0.135 e. The van der Waals surface area contributed by atoms with Gasteiger partial charge in [0.25, 0.3) is 0 Å². The lowest BCUT2D eigenvalue weighted by Crippen LogP contribution is -2.00. The maximum Gasteiger partial charge on any atom is 0.135 e. The molecule has 8 rings (SSSR count). The van der Waals surface area contributed by atoms with Gasteiger partial charge in [0.2, 0.25) is 0 Å². The normalized spacial score (nSPS) is 11.1. The number of rotatable bonds is 9. The summed E-state index contributed by atoms with van der Waals surface area (Å²) in [7, 11) is 6.86. The SMILES string of the molecule is COc1ccc(-c2ccccc2)c2c(OC)c(-c3cc(-c4ccccc4)c4c(OC)ccc(-c5cccnc5)c4c3OC)cc(-c3cccnc3)c12. The summed E-state index contributed by atoms with van der Waals surface area (Å²) in [5, 5.41) is 3.70. The van der Waals surface area contributed by atoms with Gasteiger partial charge in [-0.15, -0.1) is 0 Å². The molecular weight excluding hydrogens is 645 g/mol. The highest BCUT2D eigenvalue weighted by Gasteiger charge is 2.27. The molecule has 52 heavy (non-hydrogen) atoms. The molecule has 0 aliphatic carbocycles. The second kappa shape index (κ2) is 13.9. The van der Waals surface area contributed by atoms with Crippen LogP contribution < -0.4 is 18.9 Å². The molecule has 2 aromatic heterocycles. The van der Waals surface area contributed by atoms with Gasteiger partial charge in [-0.2, -0.15) is 0 Å². The van der Waals surface area contributed by atoms with Crippen molar-refractivity contribution in [3.8, 4) is 78.6 Å². The third-order valence-corrected chi connectivity index (χ3v) is 9.65. The quantitative estimate of drug-likeness (QED) is 0.151. The Kier molecular flexibility index (Phi) is 8.71. The molecule has 0 unspecified atom stereocenters. The van der Waals surface area contributed by atoms with Crippen molar-refractivity contribution in [3.05, 3.63) is 146 Å². The summed E-state index contributed by atoms with van der Waals surface area (Å²) in [5.41, 5.74) is 9.65. The summed E-state index contributed by atoms with van der Waals surface area (Å²) in [6, 6.07) is 41.4. The van der Waals surface area contributed by atoms with Crippen LogP contribution >= 0.6 is 0 Å². The molecule has 0 aliphatic rings. The molecule has 0 radical (unpaired) electrons. The van der Waals surface area contributed by atoms with E-state index in [1.54, 1.807) is 40.8 Å². The molecule has 0 fully saturated rings. The molecule has 0 saturated heterocycles. The topological polar surface area (TPSA) is 62.7 Å². The van der Waals surface area contributed by atoms with Crippen LogP contribution in [0.25, 0.3) is 77.2 Å². The van der Waals surface area contributed by atoms with Crippen molar-refractivity contribution in [1.82, 2.24) is 9.97 Å². The fourth-order valence-electron chi connectivity index (χ4n) is 7.39. The van der Waals surface area contributed by atoms with E-state index in [4.69, 9.17) is 18.9 Å².